The summed E-state index contributed by atoms with van der Waals surface area (Å²) in [6, 6.07) is 0. The SMILES string of the molecule is CCCc1nc(C(OC)C2CC2)ncc1C(=O)O. The summed E-state index contributed by atoms with van der Waals surface area (Å²) < 4.78 is 5.42. The predicted octanol–water partition coefficient (Wildman–Crippen LogP) is 2.22. The van der Waals surface area contributed by atoms with Crippen LogP contribution in [-0.4, -0.2) is 28.2 Å². The molecule has 1 atom stereocenters. The van der Waals surface area contributed by atoms with Crippen LogP contribution in [0.5, 0.6) is 0 Å². The van der Waals surface area contributed by atoms with Crippen LogP contribution in [0.15, 0.2) is 6.20 Å². The van der Waals surface area contributed by atoms with E-state index in [0.29, 0.717) is 23.9 Å². The van der Waals surface area contributed by atoms with Crippen molar-refractivity contribution < 1.29 is 14.6 Å². The van der Waals surface area contributed by atoms with Crippen molar-refractivity contribution >= 4 is 5.97 Å². The number of carboxylic acids is 1. The minimum atomic E-state index is -0.967. The van der Waals surface area contributed by atoms with Crippen molar-refractivity contribution in [3.63, 3.8) is 0 Å². The van der Waals surface area contributed by atoms with Gasteiger partial charge in [-0.3, -0.25) is 0 Å². The molecule has 2 rings (SSSR count). The molecule has 0 amide bonds. The molecule has 1 saturated carbocycles. The van der Waals surface area contributed by atoms with Gasteiger partial charge in [0.05, 0.1) is 11.3 Å². The zero-order valence-electron chi connectivity index (χ0n) is 10.7. The second-order valence-corrected chi connectivity index (χ2v) is 4.64. The van der Waals surface area contributed by atoms with Crippen molar-refractivity contribution in [3.8, 4) is 0 Å². The fourth-order valence-corrected chi connectivity index (χ4v) is 2.08. The Labute approximate surface area is 106 Å². The Kier molecular flexibility index (Phi) is 3.91. The summed E-state index contributed by atoms with van der Waals surface area (Å²) in [6.45, 7) is 2.00. The van der Waals surface area contributed by atoms with E-state index in [1.807, 2.05) is 6.92 Å². The van der Waals surface area contributed by atoms with Gasteiger partial charge in [-0.15, -0.1) is 0 Å². The Morgan fingerprint density at radius 3 is 2.83 bits per heavy atom. The van der Waals surface area contributed by atoms with Gasteiger partial charge in [-0.1, -0.05) is 13.3 Å². The number of carboxylic acid groups (broad SMARTS) is 1. The second kappa shape index (κ2) is 5.44. The molecule has 1 aromatic heterocycles. The highest BCUT2D eigenvalue weighted by Gasteiger charge is 2.34. The van der Waals surface area contributed by atoms with Gasteiger partial charge < -0.3 is 9.84 Å². The predicted molar refractivity (Wildman–Crippen MR) is 65.5 cm³/mol. The quantitative estimate of drug-likeness (QED) is 0.838. The standard InChI is InChI=1S/C13H18N2O3/c1-3-4-10-9(13(16)17)7-14-12(15-10)11(18-2)8-5-6-8/h7-8,11H,3-6H2,1-2H3,(H,16,17). The average molecular weight is 250 g/mol. The molecule has 1 unspecified atom stereocenters. The van der Waals surface area contributed by atoms with Gasteiger partial charge in [0.2, 0.25) is 0 Å². The molecule has 0 radical (unpaired) electrons. The topological polar surface area (TPSA) is 72.3 Å². The van der Waals surface area contributed by atoms with Crippen LogP contribution < -0.4 is 0 Å². The zero-order chi connectivity index (χ0) is 13.1. The first-order chi connectivity index (χ1) is 8.67. The molecule has 5 heteroatoms. The van der Waals surface area contributed by atoms with Crippen molar-refractivity contribution in [1.29, 1.82) is 0 Å². The Balaban J connectivity index is 2.32. The van der Waals surface area contributed by atoms with E-state index in [9.17, 15) is 4.79 Å². The Bertz CT molecular complexity index is 444. The van der Waals surface area contributed by atoms with Crippen LogP contribution in [0.2, 0.25) is 0 Å². The average Bonchev–Trinajstić information content (AvgIpc) is 3.15. The molecule has 1 fully saturated rings. The number of ether oxygens (including phenoxy) is 1. The van der Waals surface area contributed by atoms with Gasteiger partial charge in [0.25, 0.3) is 0 Å². The molecule has 1 aliphatic carbocycles. The third-order valence-corrected chi connectivity index (χ3v) is 3.16. The van der Waals surface area contributed by atoms with Crippen LogP contribution in [0.3, 0.4) is 0 Å². The molecule has 1 N–H and O–H groups in total. The van der Waals surface area contributed by atoms with E-state index in [0.717, 1.165) is 19.3 Å². The lowest BCUT2D eigenvalue weighted by Gasteiger charge is -2.14. The van der Waals surface area contributed by atoms with E-state index in [1.165, 1.54) is 6.20 Å². The van der Waals surface area contributed by atoms with E-state index in [1.54, 1.807) is 7.11 Å². The lowest BCUT2D eigenvalue weighted by molar-refractivity contribution is 0.0688. The number of aryl methyl sites for hydroxylation is 1. The largest absolute Gasteiger partial charge is 0.478 e. The van der Waals surface area contributed by atoms with Crippen LogP contribution in [0.1, 0.15) is 54.2 Å². The summed E-state index contributed by atoms with van der Waals surface area (Å²) in [6.07, 6.45) is 5.08. The van der Waals surface area contributed by atoms with E-state index in [2.05, 4.69) is 9.97 Å². The number of rotatable bonds is 6. The third kappa shape index (κ3) is 2.67. The van der Waals surface area contributed by atoms with Crippen LogP contribution in [-0.2, 0) is 11.2 Å². The minimum Gasteiger partial charge on any atom is -0.478 e. The van der Waals surface area contributed by atoms with Gasteiger partial charge in [-0.05, 0) is 25.2 Å². The number of methoxy groups -OCH3 is 1. The van der Waals surface area contributed by atoms with Crippen LogP contribution in [0, 0.1) is 5.92 Å². The Morgan fingerprint density at radius 2 is 2.33 bits per heavy atom. The monoisotopic (exact) mass is 250 g/mol. The maximum atomic E-state index is 11.1. The van der Waals surface area contributed by atoms with Crippen LogP contribution >= 0.6 is 0 Å². The van der Waals surface area contributed by atoms with Gasteiger partial charge in [-0.2, -0.15) is 0 Å². The second-order valence-electron chi connectivity index (χ2n) is 4.64. The molecule has 0 aromatic carbocycles. The number of aromatic carboxylic acids is 1. The molecule has 1 aromatic rings. The summed E-state index contributed by atoms with van der Waals surface area (Å²) in [5.41, 5.74) is 0.809. The maximum Gasteiger partial charge on any atom is 0.339 e. The van der Waals surface area contributed by atoms with Gasteiger partial charge >= 0.3 is 5.97 Å². The highest BCUT2D eigenvalue weighted by Crippen LogP contribution is 2.41. The van der Waals surface area contributed by atoms with Crippen molar-refractivity contribution in [1.82, 2.24) is 9.97 Å². The number of nitrogens with zero attached hydrogens (tertiary/aromatic N) is 2. The summed E-state index contributed by atoms with van der Waals surface area (Å²) in [5.74, 6) is 0.138. The normalized spacial score (nSPS) is 16.6. The van der Waals surface area contributed by atoms with Crippen LogP contribution in [0.25, 0.3) is 0 Å². The Morgan fingerprint density at radius 1 is 1.61 bits per heavy atom. The lowest BCUT2D eigenvalue weighted by atomic mass is 10.1. The van der Waals surface area contributed by atoms with Crippen molar-refractivity contribution in [3.05, 3.63) is 23.3 Å². The highest BCUT2D eigenvalue weighted by molar-refractivity contribution is 5.88. The van der Waals surface area contributed by atoms with E-state index >= 15 is 0 Å². The number of carbonyl (C=O) groups is 1. The molecule has 0 spiro atoms. The molecule has 0 saturated heterocycles. The fraction of sp³-hybridized carbons (Fsp3) is 0.615. The van der Waals surface area contributed by atoms with Crippen molar-refractivity contribution in [2.24, 2.45) is 5.92 Å². The molecule has 0 aliphatic heterocycles. The van der Waals surface area contributed by atoms with Gasteiger partial charge in [0, 0.05) is 13.3 Å². The molecule has 0 bridgehead atoms. The number of hydrogen-bond acceptors (Lipinski definition) is 4. The van der Waals surface area contributed by atoms with Gasteiger partial charge in [-0.25, -0.2) is 14.8 Å². The molecular weight excluding hydrogens is 232 g/mol. The van der Waals surface area contributed by atoms with E-state index < -0.39 is 5.97 Å². The lowest BCUT2D eigenvalue weighted by Crippen LogP contribution is -2.14. The molecule has 1 aliphatic rings. The third-order valence-electron chi connectivity index (χ3n) is 3.16. The maximum absolute atomic E-state index is 11.1. The molecule has 98 valence electrons. The first-order valence-electron chi connectivity index (χ1n) is 6.29. The van der Waals surface area contributed by atoms with E-state index in [-0.39, 0.29) is 11.7 Å². The van der Waals surface area contributed by atoms with Crippen LogP contribution in [0.4, 0.5) is 0 Å². The summed E-state index contributed by atoms with van der Waals surface area (Å²) in [4.78, 5) is 19.6. The minimum absolute atomic E-state index is 0.0940. The highest BCUT2D eigenvalue weighted by atomic mass is 16.5. The molecule has 18 heavy (non-hydrogen) atoms. The van der Waals surface area contributed by atoms with Gasteiger partial charge in [0.1, 0.15) is 6.10 Å². The first-order valence-corrected chi connectivity index (χ1v) is 6.29. The number of hydrogen-bond donors (Lipinski definition) is 1. The fourth-order valence-electron chi connectivity index (χ4n) is 2.08. The molecule has 5 nitrogen and oxygen atoms in total. The van der Waals surface area contributed by atoms with Crippen molar-refractivity contribution in [2.45, 2.75) is 38.7 Å². The zero-order valence-corrected chi connectivity index (χ0v) is 10.7. The smallest absolute Gasteiger partial charge is 0.339 e. The molecule has 1 heterocycles. The molecular formula is C13H18N2O3. The Hall–Kier alpha value is -1.49. The number of aromatic nitrogens is 2. The van der Waals surface area contributed by atoms with Gasteiger partial charge in [0.15, 0.2) is 5.82 Å². The van der Waals surface area contributed by atoms with E-state index in [4.69, 9.17) is 9.84 Å². The van der Waals surface area contributed by atoms with Crippen molar-refractivity contribution in [2.75, 3.05) is 7.11 Å². The summed E-state index contributed by atoms with van der Waals surface area (Å²) in [7, 11) is 1.65. The summed E-state index contributed by atoms with van der Waals surface area (Å²) in [5, 5.41) is 9.09. The summed E-state index contributed by atoms with van der Waals surface area (Å²) >= 11 is 0. The first kappa shape index (κ1) is 13.0.